The minimum Gasteiger partial charge on any atom is -0.326 e. The number of fused-ring (bicyclic) bond motifs is 3. The lowest BCUT2D eigenvalue weighted by Crippen LogP contribution is -2.36. The van der Waals surface area contributed by atoms with Crippen LogP contribution in [0.1, 0.15) is 19.7 Å². The van der Waals surface area contributed by atoms with Gasteiger partial charge in [-0.15, -0.1) is 0 Å². The molecule has 1 aliphatic heterocycles. The number of hydrogen-bond acceptors (Lipinski definition) is 2. The molecule has 2 aromatic rings. The molecule has 0 spiro atoms. The maximum Gasteiger partial charge on any atom is 0.124 e. The Kier molecular flexibility index (Phi) is 2.63. The maximum atomic E-state index is 4.73. The van der Waals surface area contributed by atoms with Gasteiger partial charge in [0.15, 0.2) is 0 Å². The highest BCUT2D eigenvalue weighted by Crippen LogP contribution is 2.20. The molecule has 0 unspecified atom stereocenters. The highest BCUT2D eigenvalue weighted by atomic mass is 15.2. The predicted molar refractivity (Wildman–Crippen MR) is 69.8 cm³/mol. The number of benzene rings is 1. The van der Waals surface area contributed by atoms with Gasteiger partial charge in [-0.3, -0.25) is 4.90 Å². The maximum absolute atomic E-state index is 4.73. The summed E-state index contributed by atoms with van der Waals surface area (Å²) in [6.45, 7) is 8.93. The zero-order valence-electron chi connectivity index (χ0n) is 10.6. The summed E-state index contributed by atoms with van der Waals surface area (Å²) in [6.07, 6.45) is 0. The van der Waals surface area contributed by atoms with E-state index >= 15 is 0 Å². The zero-order chi connectivity index (χ0) is 11.8. The van der Waals surface area contributed by atoms with Gasteiger partial charge >= 0.3 is 0 Å². The molecule has 0 amide bonds. The molecule has 0 bridgehead atoms. The van der Waals surface area contributed by atoms with Crippen LogP contribution in [0.4, 0.5) is 0 Å². The lowest BCUT2D eigenvalue weighted by Gasteiger charge is -2.29. The number of rotatable bonds is 2. The summed E-state index contributed by atoms with van der Waals surface area (Å²) in [5, 5.41) is 0. The number of para-hydroxylation sites is 2. The predicted octanol–water partition coefficient (Wildman–Crippen LogP) is 2.51. The standard InChI is InChI=1S/C14H19N3/c1-11(2)9-16-7-8-17-13-6-4-3-5-12(13)15-14(17)10-16/h3-6,11H,7-10H2,1-2H3. The van der Waals surface area contributed by atoms with Crippen molar-refractivity contribution in [3.8, 4) is 0 Å². The Morgan fingerprint density at radius 1 is 1.24 bits per heavy atom. The Balaban J connectivity index is 1.92. The summed E-state index contributed by atoms with van der Waals surface area (Å²) in [6, 6.07) is 8.43. The van der Waals surface area contributed by atoms with Crippen LogP contribution in [-0.2, 0) is 13.1 Å². The van der Waals surface area contributed by atoms with E-state index in [4.69, 9.17) is 4.98 Å². The quantitative estimate of drug-likeness (QED) is 0.789. The number of aromatic nitrogens is 2. The molecule has 90 valence electrons. The van der Waals surface area contributed by atoms with Crippen molar-refractivity contribution in [1.29, 1.82) is 0 Å². The lowest BCUT2D eigenvalue weighted by molar-refractivity contribution is 0.197. The molecule has 0 fully saturated rings. The summed E-state index contributed by atoms with van der Waals surface area (Å²) < 4.78 is 2.37. The average Bonchev–Trinajstić information content (AvgIpc) is 2.65. The third kappa shape index (κ3) is 1.95. The van der Waals surface area contributed by atoms with Crippen LogP contribution < -0.4 is 0 Å². The van der Waals surface area contributed by atoms with Crippen LogP contribution in [-0.4, -0.2) is 27.5 Å². The Labute approximate surface area is 102 Å². The van der Waals surface area contributed by atoms with E-state index in [1.165, 1.54) is 17.9 Å². The van der Waals surface area contributed by atoms with Crippen molar-refractivity contribution < 1.29 is 0 Å². The lowest BCUT2D eigenvalue weighted by atomic mass is 10.2. The molecular formula is C14H19N3. The van der Waals surface area contributed by atoms with Crippen LogP contribution in [0, 0.1) is 5.92 Å². The van der Waals surface area contributed by atoms with Crippen molar-refractivity contribution in [3.05, 3.63) is 30.1 Å². The molecule has 3 nitrogen and oxygen atoms in total. The molecule has 0 atom stereocenters. The SMILES string of the molecule is CC(C)CN1CCn2c(nc3ccccc32)C1. The van der Waals surface area contributed by atoms with Crippen molar-refractivity contribution in [2.75, 3.05) is 13.1 Å². The minimum absolute atomic E-state index is 0.728. The molecule has 17 heavy (non-hydrogen) atoms. The highest BCUT2D eigenvalue weighted by Gasteiger charge is 2.19. The topological polar surface area (TPSA) is 21.1 Å². The van der Waals surface area contributed by atoms with Crippen LogP contribution in [0.5, 0.6) is 0 Å². The summed E-state index contributed by atoms with van der Waals surface area (Å²) in [4.78, 5) is 7.24. The molecular weight excluding hydrogens is 210 g/mol. The largest absolute Gasteiger partial charge is 0.326 e. The molecule has 1 aromatic carbocycles. The van der Waals surface area contributed by atoms with E-state index in [-0.39, 0.29) is 0 Å². The minimum atomic E-state index is 0.728. The second kappa shape index (κ2) is 4.15. The molecule has 0 aliphatic carbocycles. The van der Waals surface area contributed by atoms with Crippen molar-refractivity contribution in [1.82, 2.24) is 14.5 Å². The van der Waals surface area contributed by atoms with Gasteiger partial charge in [0.2, 0.25) is 0 Å². The van der Waals surface area contributed by atoms with E-state index in [0.717, 1.165) is 31.1 Å². The Morgan fingerprint density at radius 2 is 2.06 bits per heavy atom. The van der Waals surface area contributed by atoms with E-state index in [1.807, 2.05) is 0 Å². The molecule has 0 N–H and O–H groups in total. The fourth-order valence-corrected chi connectivity index (χ4v) is 2.69. The summed E-state index contributed by atoms with van der Waals surface area (Å²) >= 11 is 0. The van der Waals surface area contributed by atoms with Crippen molar-refractivity contribution in [3.63, 3.8) is 0 Å². The normalized spacial score (nSPS) is 16.6. The fraction of sp³-hybridized carbons (Fsp3) is 0.500. The molecule has 0 radical (unpaired) electrons. The van der Waals surface area contributed by atoms with E-state index < -0.39 is 0 Å². The summed E-state index contributed by atoms with van der Waals surface area (Å²) in [7, 11) is 0. The molecule has 1 aliphatic rings. The third-order valence-corrected chi connectivity index (χ3v) is 3.36. The number of imidazole rings is 1. The van der Waals surface area contributed by atoms with Crippen LogP contribution in [0.2, 0.25) is 0 Å². The molecule has 2 heterocycles. The van der Waals surface area contributed by atoms with Crippen LogP contribution in [0.15, 0.2) is 24.3 Å². The van der Waals surface area contributed by atoms with Gasteiger partial charge in [-0.25, -0.2) is 4.98 Å². The molecule has 3 heteroatoms. The Morgan fingerprint density at radius 3 is 2.88 bits per heavy atom. The van der Waals surface area contributed by atoms with Gasteiger partial charge in [0.05, 0.1) is 17.6 Å². The van der Waals surface area contributed by atoms with E-state index in [0.29, 0.717) is 0 Å². The molecule has 3 rings (SSSR count). The summed E-state index contributed by atoms with van der Waals surface area (Å²) in [5.41, 5.74) is 2.42. The fourth-order valence-electron chi connectivity index (χ4n) is 2.69. The van der Waals surface area contributed by atoms with Crippen LogP contribution >= 0.6 is 0 Å². The average molecular weight is 229 g/mol. The first kappa shape index (κ1) is 10.8. The van der Waals surface area contributed by atoms with Gasteiger partial charge in [-0.2, -0.15) is 0 Å². The van der Waals surface area contributed by atoms with Crippen LogP contribution in [0.25, 0.3) is 11.0 Å². The zero-order valence-corrected chi connectivity index (χ0v) is 10.6. The highest BCUT2D eigenvalue weighted by molar-refractivity contribution is 5.75. The number of hydrogen-bond donors (Lipinski definition) is 0. The van der Waals surface area contributed by atoms with E-state index in [1.54, 1.807) is 0 Å². The van der Waals surface area contributed by atoms with Crippen molar-refractivity contribution >= 4 is 11.0 Å². The first-order valence-corrected chi connectivity index (χ1v) is 6.40. The van der Waals surface area contributed by atoms with Crippen molar-refractivity contribution in [2.45, 2.75) is 26.9 Å². The van der Waals surface area contributed by atoms with E-state index in [9.17, 15) is 0 Å². The van der Waals surface area contributed by atoms with Gasteiger partial charge in [0, 0.05) is 19.6 Å². The molecule has 1 aromatic heterocycles. The first-order chi connectivity index (χ1) is 8.24. The third-order valence-electron chi connectivity index (χ3n) is 3.36. The van der Waals surface area contributed by atoms with Crippen molar-refractivity contribution in [2.24, 2.45) is 5.92 Å². The first-order valence-electron chi connectivity index (χ1n) is 6.40. The van der Waals surface area contributed by atoms with Gasteiger partial charge < -0.3 is 4.57 Å². The van der Waals surface area contributed by atoms with Gasteiger partial charge in [-0.1, -0.05) is 26.0 Å². The van der Waals surface area contributed by atoms with Gasteiger partial charge in [0.25, 0.3) is 0 Å². The molecule has 0 saturated carbocycles. The van der Waals surface area contributed by atoms with Gasteiger partial charge in [0.1, 0.15) is 5.82 Å². The van der Waals surface area contributed by atoms with E-state index in [2.05, 4.69) is 47.6 Å². The second-order valence-electron chi connectivity index (χ2n) is 5.30. The van der Waals surface area contributed by atoms with Crippen LogP contribution in [0.3, 0.4) is 0 Å². The second-order valence-corrected chi connectivity index (χ2v) is 5.30. The number of nitrogens with zero attached hydrogens (tertiary/aromatic N) is 3. The monoisotopic (exact) mass is 229 g/mol. The summed E-state index contributed by atoms with van der Waals surface area (Å²) in [5.74, 6) is 1.95. The Hall–Kier alpha value is -1.35. The Bertz CT molecular complexity index is 527. The van der Waals surface area contributed by atoms with Gasteiger partial charge in [-0.05, 0) is 18.1 Å². The smallest absolute Gasteiger partial charge is 0.124 e. The molecule has 0 saturated heterocycles.